The fourth-order valence-corrected chi connectivity index (χ4v) is 2.62. The third-order valence-corrected chi connectivity index (χ3v) is 4.03. The Labute approximate surface area is 145 Å². The van der Waals surface area contributed by atoms with Crippen molar-refractivity contribution in [3.63, 3.8) is 0 Å². The molecule has 4 nitrogen and oxygen atoms in total. The first-order valence-corrected chi connectivity index (χ1v) is 8.04. The van der Waals surface area contributed by atoms with Crippen LogP contribution in [0.3, 0.4) is 0 Å². The van der Waals surface area contributed by atoms with Crippen LogP contribution in [0.1, 0.15) is 17.7 Å². The first-order valence-electron chi connectivity index (χ1n) is 7.66. The molecule has 0 spiro atoms. The van der Waals surface area contributed by atoms with Crippen LogP contribution in [0.5, 0.6) is 0 Å². The van der Waals surface area contributed by atoms with E-state index < -0.39 is 5.97 Å². The highest BCUT2D eigenvalue weighted by Gasteiger charge is 2.12. The molecular weight excluding hydrogens is 324 g/mol. The first kappa shape index (κ1) is 16.3. The Morgan fingerprint density at radius 3 is 2.42 bits per heavy atom. The van der Waals surface area contributed by atoms with E-state index in [1.165, 1.54) is 5.56 Å². The number of rotatable bonds is 5. The molecule has 3 rings (SSSR count). The molecule has 0 aliphatic heterocycles. The Bertz CT molecular complexity index is 789. The lowest BCUT2D eigenvalue weighted by Gasteiger charge is -2.08. The van der Waals surface area contributed by atoms with E-state index in [0.717, 1.165) is 22.6 Å². The molecule has 0 amide bonds. The van der Waals surface area contributed by atoms with Crippen LogP contribution >= 0.6 is 11.6 Å². The van der Waals surface area contributed by atoms with E-state index in [0.29, 0.717) is 11.4 Å². The summed E-state index contributed by atoms with van der Waals surface area (Å²) in [7, 11) is 0. The minimum atomic E-state index is -0.826. The van der Waals surface area contributed by atoms with Gasteiger partial charge in [-0.15, -0.1) is 0 Å². The Hall–Kier alpha value is -2.59. The lowest BCUT2D eigenvalue weighted by atomic mass is 10.1. The molecule has 0 aliphatic rings. The zero-order chi connectivity index (χ0) is 17.1. The Morgan fingerprint density at radius 2 is 1.79 bits per heavy atom. The van der Waals surface area contributed by atoms with Gasteiger partial charge in [-0.3, -0.25) is 4.79 Å². The van der Waals surface area contributed by atoms with Crippen molar-refractivity contribution in [1.82, 2.24) is 9.78 Å². The van der Waals surface area contributed by atoms with E-state index in [2.05, 4.69) is 5.10 Å². The zero-order valence-electron chi connectivity index (χ0n) is 13.2. The number of benzene rings is 2. The van der Waals surface area contributed by atoms with Gasteiger partial charge in [0.1, 0.15) is 0 Å². The molecule has 1 heterocycles. The highest BCUT2D eigenvalue weighted by atomic mass is 35.5. The number of hydrogen-bond donors (Lipinski definition) is 1. The Morgan fingerprint density at radius 1 is 1.12 bits per heavy atom. The average molecular weight is 341 g/mol. The van der Waals surface area contributed by atoms with E-state index in [9.17, 15) is 4.79 Å². The number of hydrogen-bond acceptors (Lipinski definition) is 2. The zero-order valence-corrected chi connectivity index (χ0v) is 14.0. The van der Waals surface area contributed by atoms with E-state index >= 15 is 0 Å². The van der Waals surface area contributed by atoms with Gasteiger partial charge in [0.25, 0.3) is 0 Å². The van der Waals surface area contributed by atoms with Crippen molar-refractivity contribution in [3.8, 4) is 16.9 Å². The van der Waals surface area contributed by atoms with Gasteiger partial charge in [0, 0.05) is 17.0 Å². The molecule has 2 aromatic carbocycles. The van der Waals surface area contributed by atoms with Gasteiger partial charge in [-0.05, 0) is 37.3 Å². The predicted octanol–water partition coefficient (Wildman–Crippen LogP) is 4.52. The minimum absolute atomic E-state index is 0.0605. The molecule has 0 bridgehead atoms. The van der Waals surface area contributed by atoms with Crippen LogP contribution in [-0.2, 0) is 11.2 Å². The van der Waals surface area contributed by atoms with Crippen molar-refractivity contribution >= 4 is 17.6 Å². The molecule has 0 saturated carbocycles. The Balaban J connectivity index is 2.05. The molecule has 1 aromatic heterocycles. The van der Waals surface area contributed by atoms with E-state index in [1.807, 2.05) is 66.2 Å². The second-order valence-electron chi connectivity index (χ2n) is 5.67. The number of aryl methyl sites for hydroxylation is 2. The topological polar surface area (TPSA) is 55.1 Å². The van der Waals surface area contributed by atoms with Crippen molar-refractivity contribution in [2.45, 2.75) is 19.8 Å². The number of nitrogens with zero attached hydrogens (tertiary/aromatic N) is 2. The molecule has 0 aliphatic carbocycles. The fraction of sp³-hybridized carbons (Fsp3) is 0.158. The van der Waals surface area contributed by atoms with Gasteiger partial charge in [0.15, 0.2) is 0 Å². The largest absolute Gasteiger partial charge is 0.481 e. The normalized spacial score (nSPS) is 10.8. The maximum Gasteiger partial charge on any atom is 0.303 e. The van der Waals surface area contributed by atoms with Crippen molar-refractivity contribution < 1.29 is 9.90 Å². The first-order chi connectivity index (χ1) is 11.5. The SMILES string of the molecule is Cc1ccc(-c2cc(CCC(=O)O)nn2-c2ccc(Cl)cc2)cc1. The Kier molecular flexibility index (Phi) is 4.67. The summed E-state index contributed by atoms with van der Waals surface area (Å²) in [5.74, 6) is -0.826. The van der Waals surface area contributed by atoms with Crippen LogP contribution in [0.2, 0.25) is 5.02 Å². The monoisotopic (exact) mass is 340 g/mol. The second-order valence-corrected chi connectivity index (χ2v) is 6.11. The highest BCUT2D eigenvalue weighted by molar-refractivity contribution is 6.30. The number of carbonyl (C=O) groups is 1. The number of carboxylic acids is 1. The second kappa shape index (κ2) is 6.89. The third-order valence-electron chi connectivity index (χ3n) is 3.77. The number of aromatic nitrogens is 2. The predicted molar refractivity (Wildman–Crippen MR) is 94.7 cm³/mol. The summed E-state index contributed by atoms with van der Waals surface area (Å²) in [6, 6.07) is 17.5. The average Bonchev–Trinajstić information content (AvgIpc) is 2.98. The molecule has 0 saturated heterocycles. The van der Waals surface area contributed by atoms with Gasteiger partial charge < -0.3 is 5.11 Å². The minimum Gasteiger partial charge on any atom is -0.481 e. The lowest BCUT2D eigenvalue weighted by Crippen LogP contribution is -2.01. The molecular formula is C19H17ClN2O2. The summed E-state index contributed by atoms with van der Waals surface area (Å²) in [5, 5.41) is 14.1. The summed E-state index contributed by atoms with van der Waals surface area (Å²) in [4.78, 5) is 10.8. The molecule has 3 aromatic rings. The molecule has 0 radical (unpaired) electrons. The van der Waals surface area contributed by atoms with Crippen molar-refractivity contribution in [1.29, 1.82) is 0 Å². The van der Waals surface area contributed by atoms with E-state index in [1.54, 1.807) is 0 Å². The molecule has 0 fully saturated rings. The summed E-state index contributed by atoms with van der Waals surface area (Å²) in [6.45, 7) is 2.04. The van der Waals surface area contributed by atoms with Crippen LogP contribution < -0.4 is 0 Å². The van der Waals surface area contributed by atoms with Gasteiger partial charge in [0.05, 0.1) is 23.5 Å². The van der Waals surface area contributed by atoms with Crippen LogP contribution in [-0.4, -0.2) is 20.9 Å². The fourth-order valence-electron chi connectivity index (χ4n) is 2.50. The van der Waals surface area contributed by atoms with E-state index in [4.69, 9.17) is 16.7 Å². The van der Waals surface area contributed by atoms with E-state index in [-0.39, 0.29) is 6.42 Å². The van der Waals surface area contributed by atoms with Crippen LogP contribution in [0.15, 0.2) is 54.6 Å². The molecule has 0 atom stereocenters. The number of carboxylic acid groups (broad SMARTS) is 1. The van der Waals surface area contributed by atoms with Crippen molar-refractivity contribution in [3.05, 3.63) is 70.9 Å². The molecule has 122 valence electrons. The maximum atomic E-state index is 10.8. The number of aliphatic carboxylic acids is 1. The van der Waals surface area contributed by atoms with Gasteiger partial charge in [0.2, 0.25) is 0 Å². The van der Waals surface area contributed by atoms with Crippen molar-refractivity contribution in [2.24, 2.45) is 0 Å². The number of halogens is 1. The standard InChI is InChI=1S/C19H17ClN2O2/c1-13-2-4-14(5-3-13)18-12-16(8-11-19(23)24)21-22(18)17-9-6-15(20)7-10-17/h2-7,9-10,12H,8,11H2,1H3,(H,23,24). The summed E-state index contributed by atoms with van der Waals surface area (Å²) in [5.41, 5.74) is 4.78. The van der Waals surface area contributed by atoms with Crippen LogP contribution in [0, 0.1) is 6.92 Å². The van der Waals surface area contributed by atoms with Gasteiger partial charge in [-0.25, -0.2) is 4.68 Å². The molecule has 0 unspecified atom stereocenters. The molecule has 1 N–H and O–H groups in total. The maximum absolute atomic E-state index is 10.8. The summed E-state index contributed by atoms with van der Waals surface area (Å²) in [6.07, 6.45) is 0.458. The molecule has 24 heavy (non-hydrogen) atoms. The third kappa shape index (κ3) is 3.66. The van der Waals surface area contributed by atoms with Crippen LogP contribution in [0.25, 0.3) is 16.9 Å². The summed E-state index contributed by atoms with van der Waals surface area (Å²) >= 11 is 5.97. The quantitative estimate of drug-likeness (QED) is 0.743. The molecule has 5 heteroatoms. The highest BCUT2D eigenvalue weighted by Crippen LogP contribution is 2.25. The van der Waals surface area contributed by atoms with Crippen molar-refractivity contribution in [2.75, 3.05) is 0 Å². The van der Waals surface area contributed by atoms with Crippen LogP contribution in [0.4, 0.5) is 0 Å². The smallest absolute Gasteiger partial charge is 0.303 e. The van der Waals surface area contributed by atoms with Gasteiger partial charge in [-0.2, -0.15) is 5.10 Å². The lowest BCUT2D eigenvalue weighted by molar-refractivity contribution is -0.136. The summed E-state index contributed by atoms with van der Waals surface area (Å²) < 4.78 is 1.83. The van der Waals surface area contributed by atoms with Gasteiger partial charge >= 0.3 is 5.97 Å². The van der Waals surface area contributed by atoms with Gasteiger partial charge in [-0.1, -0.05) is 41.4 Å².